The summed E-state index contributed by atoms with van der Waals surface area (Å²) in [4.78, 5) is 25.2. The van der Waals surface area contributed by atoms with Crippen molar-refractivity contribution in [3.8, 4) is 0 Å². The molecule has 0 aliphatic carbocycles. The SMILES string of the molecule is O=C(C1=NN(CCO)C(=O)C1)N1CCNCC1. The zero-order chi connectivity index (χ0) is 12.3. The molecular formula is C10H16N4O3. The number of rotatable bonds is 3. The van der Waals surface area contributed by atoms with Crippen LogP contribution < -0.4 is 5.32 Å². The molecule has 0 unspecified atom stereocenters. The van der Waals surface area contributed by atoms with E-state index < -0.39 is 0 Å². The molecule has 94 valence electrons. The molecule has 0 aromatic carbocycles. The first-order chi connectivity index (χ1) is 8.22. The Balaban J connectivity index is 1.99. The van der Waals surface area contributed by atoms with Gasteiger partial charge in [-0.05, 0) is 0 Å². The van der Waals surface area contributed by atoms with Gasteiger partial charge in [0.25, 0.3) is 5.91 Å². The number of amides is 2. The van der Waals surface area contributed by atoms with Crippen LogP contribution in [-0.2, 0) is 9.59 Å². The predicted octanol–water partition coefficient (Wildman–Crippen LogP) is -2.00. The quantitative estimate of drug-likeness (QED) is 0.597. The minimum atomic E-state index is -0.225. The largest absolute Gasteiger partial charge is 0.394 e. The molecule has 7 nitrogen and oxygen atoms in total. The maximum atomic E-state index is 12.0. The number of hydrogen-bond acceptors (Lipinski definition) is 5. The highest BCUT2D eigenvalue weighted by molar-refractivity contribution is 6.43. The van der Waals surface area contributed by atoms with E-state index in [1.807, 2.05) is 0 Å². The van der Waals surface area contributed by atoms with E-state index in [-0.39, 0.29) is 37.1 Å². The number of carbonyl (C=O) groups is 2. The molecule has 2 heterocycles. The zero-order valence-corrected chi connectivity index (χ0v) is 9.56. The summed E-state index contributed by atoms with van der Waals surface area (Å²) in [5, 5.41) is 17.0. The lowest BCUT2D eigenvalue weighted by Gasteiger charge is -2.26. The highest BCUT2D eigenvalue weighted by Gasteiger charge is 2.30. The summed E-state index contributed by atoms with van der Waals surface area (Å²) in [7, 11) is 0. The molecule has 0 atom stereocenters. The van der Waals surface area contributed by atoms with E-state index in [0.29, 0.717) is 13.1 Å². The van der Waals surface area contributed by atoms with E-state index in [4.69, 9.17) is 5.11 Å². The maximum Gasteiger partial charge on any atom is 0.270 e. The van der Waals surface area contributed by atoms with Crippen LogP contribution in [0.1, 0.15) is 6.42 Å². The summed E-state index contributed by atoms with van der Waals surface area (Å²) in [5.41, 5.74) is 0.283. The molecule has 0 saturated carbocycles. The fourth-order valence-electron chi connectivity index (χ4n) is 1.91. The Morgan fingerprint density at radius 3 is 2.76 bits per heavy atom. The number of aliphatic hydroxyl groups is 1. The van der Waals surface area contributed by atoms with Crippen LogP contribution in [0.15, 0.2) is 5.10 Å². The number of carbonyl (C=O) groups excluding carboxylic acids is 2. The van der Waals surface area contributed by atoms with Gasteiger partial charge in [-0.1, -0.05) is 0 Å². The van der Waals surface area contributed by atoms with Gasteiger partial charge in [0.15, 0.2) is 0 Å². The summed E-state index contributed by atoms with van der Waals surface area (Å²) < 4.78 is 0. The van der Waals surface area contributed by atoms with Gasteiger partial charge in [0.1, 0.15) is 5.71 Å². The number of nitrogens with one attached hydrogen (secondary N) is 1. The number of piperazine rings is 1. The van der Waals surface area contributed by atoms with Crippen LogP contribution >= 0.6 is 0 Å². The first kappa shape index (κ1) is 12.0. The zero-order valence-electron chi connectivity index (χ0n) is 9.56. The van der Waals surface area contributed by atoms with E-state index in [1.54, 1.807) is 4.90 Å². The lowest BCUT2D eigenvalue weighted by Crippen LogP contribution is -2.48. The van der Waals surface area contributed by atoms with Gasteiger partial charge < -0.3 is 15.3 Å². The summed E-state index contributed by atoms with van der Waals surface area (Å²) >= 11 is 0. The highest BCUT2D eigenvalue weighted by atomic mass is 16.3. The van der Waals surface area contributed by atoms with Crippen LogP contribution in [0, 0.1) is 0 Å². The molecule has 1 fully saturated rings. The molecule has 0 aromatic rings. The average Bonchev–Trinajstić information content (AvgIpc) is 2.72. The normalized spacial score (nSPS) is 20.8. The second-order valence-corrected chi connectivity index (χ2v) is 4.01. The second-order valence-electron chi connectivity index (χ2n) is 4.01. The summed E-state index contributed by atoms with van der Waals surface area (Å²) in [5.74, 6) is -0.391. The molecule has 2 aliphatic heterocycles. The third-order valence-electron chi connectivity index (χ3n) is 2.81. The Hall–Kier alpha value is -1.47. The highest BCUT2D eigenvalue weighted by Crippen LogP contribution is 2.10. The Bertz CT molecular complexity index is 349. The molecule has 2 aliphatic rings. The van der Waals surface area contributed by atoms with Gasteiger partial charge in [-0.25, -0.2) is 5.01 Å². The minimum Gasteiger partial charge on any atom is -0.394 e. The molecule has 0 bridgehead atoms. The van der Waals surface area contributed by atoms with Crippen molar-refractivity contribution < 1.29 is 14.7 Å². The number of hydrazone groups is 1. The fourth-order valence-corrected chi connectivity index (χ4v) is 1.91. The minimum absolute atomic E-state index is 0.0444. The topological polar surface area (TPSA) is 85.2 Å². The van der Waals surface area contributed by atoms with Crippen LogP contribution in [-0.4, -0.2) is 71.9 Å². The Kier molecular flexibility index (Phi) is 3.70. The van der Waals surface area contributed by atoms with Crippen molar-refractivity contribution in [3.63, 3.8) is 0 Å². The maximum absolute atomic E-state index is 12.0. The molecule has 17 heavy (non-hydrogen) atoms. The van der Waals surface area contributed by atoms with Gasteiger partial charge in [-0.3, -0.25) is 9.59 Å². The third kappa shape index (κ3) is 2.62. The van der Waals surface area contributed by atoms with Crippen molar-refractivity contribution in [2.45, 2.75) is 6.42 Å². The molecule has 2 N–H and O–H groups in total. The van der Waals surface area contributed by atoms with Gasteiger partial charge in [0, 0.05) is 26.2 Å². The van der Waals surface area contributed by atoms with E-state index >= 15 is 0 Å². The van der Waals surface area contributed by atoms with Crippen LogP contribution in [0.5, 0.6) is 0 Å². The van der Waals surface area contributed by atoms with Crippen LogP contribution in [0.25, 0.3) is 0 Å². The van der Waals surface area contributed by atoms with E-state index in [0.717, 1.165) is 18.1 Å². The molecule has 7 heteroatoms. The standard InChI is InChI=1S/C10H16N4O3/c15-6-5-14-9(16)7-8(12-14)10(17)13-3-1-11-2-4-13/h11,15H,1-7H2. The smallest absolute Gasteiger partial charge is 0.270 e. The van der Waals surface area contributed by atoms with Gasteiger partial charge in [-0.15, -0.1) is 0 Å². The molecule has 0 aromatic heterocycles. The van der Waals surface area contributed by atoms with Gasteiger partial charge >= 0.3 is 0 Å². The van der Waals surface area contributed by atoms with Crippen molar-refractivity contribution >= 4 is 17.5 Å². The first-order valence-electron chi connectivity index (χ1n) is 5.71. The van der Waals surface area contributed by atoms with Gasteiger partial charge in [-0.2, -0.15) is 5.10 Å². The van der Waals surface area contributed by atoms with E-state index in [1.165, 1.54) is 0 Å². The average molecular weight is 240 g/mol. The predicted molar refractivity (Wildman–Crippen MR) is 60.3 cm³/mol. The molecule has 2 amide bonds. The second kappa shape index (κ2) is 5.24. The first-order valence-corrected chi connectivity index (χ1v) is 5.71. The van der Waals surface area contributed by atoms with Gasteiger partial charge in [0.2, 0.25) is 5.91 Å². The molecular weight excluding hydrogens is 224 g/mol. The summed E-state index contributed by atoms with van der Waals surface area (Å²) in [6.45, 7) is 2.83. The van der Waals surface area contributed by atoms with Crippen LogP contribution in [0.3, 0.4) is 0 Å². The molecule has 2 rings (SSSR count). The summed E-state index contributed by atoms with van der Waals surface area (Å²) in [6.07, 6.45) is 0.0444. The third-order valence-corrected chi connectivity index (χ3v) is 2.81. The number of hydrogen-bond donors (Lipinski definition) is 2. The van der Waals surface area contributed by atoms with Crippen molar-refractivity contribution in [2.24, 2.45) is 5.10 Å². The molecule has 0 spiro atoms. The number of aliphatic hydroxyl groups excluding tert-OH is 1. The summed E-state index contributed by atoms with van der Waals surface area (Å²) in [6, 6.07) is 0. The van der Waals surface area contributed by atoms with Crippen molar-refractivity contribution in [2.75, 3.05) is 39.3 Å². The Morgan fingerprint density at radius 1 is 1.41 bits per heavy atom. The van der Waals surface area contributed by atoms with Crippen LogP contribution in [0.4, 0.5) is 0 Å². The molecule has 1 saturated heterocycles. The lowest BCUT2D eigenvalue weighted by atomic mass is 10.2. The number of β-amino-alcohol motifs (C(OH)–C–C–N with tert-alkyl or cyclic N) is 1. The molecule has 0 radical (unpaired) electrons. The van der Waals surface area contributed by atoms with Gasteiger partial charge in [0.05, 0.1) is 19.6 Å². The lowest BCUT2D eigenvalue weighted by molar-refractivity contribution is -0.129. The van der Waals surface area contributed by atoms with E-state index in [9.17, 15) is 9.59 Å². The number of nitrogens with zero attached hydrogens (tertiary/aromatic N) is 3. The Morgan fingerprint density at radius 2 is 2.12 bits per heavy atom. The monoisotopic (exact) mass is 240 g/mol. The van der Waals surface area contributed by atoms with Crippen LogP contribution in [0.2, 0.25) is 0 Å². The van der Waals surface area contributed by atoms with Crippen molar-refractivity contribution in [1.82, 2.24) is 15.2 Å². The van der Waals surface area contributed by atoms with E-state index in [2.05, 4.69) is 10.4 Å². The van der Waals surface area contributed by atoms with Crippen molar-refractivity contribution in [3.05, 3.63) is 0 Å². The van der Waals surface area contributed by atoms with Crippen molar-refractivity contribution in [1.29, 1.82) is 0 Å². The fraction of sp³-hybridized carbons (Fsp3) is 0.700. The Labute approximate surface area is 99.1 Å².